The van der Waals surface area contributed by atoms with Crippen LogP contribution >= 0.6 is 23.4 Å². The van der Waals surface area contributed by atoms with Crippen LogP contribution in [0.4, 0.5) is 4.79 Å². The van der Waals surface area contributed by atoms with E-state index in [1.165, 1.54) is 10.5 Å². The predicted molar refractivity (Wildman–Crippen MR) is 125 cm³/mol. The van der Waals surface area contributed by atoms with Gasteiger partial charge in [0.2, 0.25) is 0 Å². The molecular formula is C25H20ClNO3S. The van der Waals surface area contributed by atoms with Gasteiger partial charge in [-0.1, -0.05) is 65.7 Å². The van der Waals surface area contributed by atoms with E-state index >= 15 is 0 Å². The van der Waals surface area contributed by atoms with E-state index in [-0.39, 0.29) is 17.7 Å². The molecule has 2 amide bonds. The van der Waals surface area contributed by atoms with Crippen LogP contribution in [0.15, 0.2) is 77.7 Å². The predicted octanol–water partition coefficient (Wildman–Crippen LogP) is 6.46. The number of hydrogen-bond donors (Lipinski definition) is 0. The molecule has 4 nitrogen and oxygen atoms in total. The van der Waals surface area contributed by atoms with Gasteiger partial charge in [0.25, 0.3) is 11.1 Å². The minimum absolute atomic E-state index is 0.227. The number of carbonyl (C=O) groups excluding carboxylic acids is 2. The zero-order chi connectivity index (χ0) is 21.8. The zero-order valence-electron chi connectivity index (χ0n) is 16.9. The number of hydrogen-bond acceptors (Lipinski definition) is 4. The third-order valence-corrected chi connectivity index (χ3v) is 5.95. The molecule has 156 valence electrons. The van der Waals surface area contributed by atoms with Crippen LogP contribution < -0.4 is 4.74 Å². The van der Waals surface area contributed by atoms with E-state index in [2.05, 4.69) is 19.1 Å². The van der Waals surface area contributed by atoms with E-state index in [0.717, 1.165) is 34.2 Å². The van der Waals surface area contributed by atoms with Crippen molar-refractivity contribution >= 4 is 40.6 Å². The Morgan fingerprint density at radius 1 is 0.968 bits per heavy atom. The molecule has 3 aromatic carbocycles. The summed E-state index contributed by atoms with van der Waals surface area (Å²) in [6, 6.07) is 22.8. The molecule has 0 aromatic heterocycles. The molecule has 1 aliphatic heterocycles. The molecular weight excluding hydrogens is 430 g/mol. The lowest BCUT2D eigenvalue weighted by Gasteiger charge is -2.12. The minimum Gasteiger partial charge on any atom is -0.489 e. The minimum atomic E-state index is -0.287. The van der Waals surface area contributed by atoms with Gasteiger partial charge < -0.3 is 4.74 Å². The van der Waals surface area contributed by atoms with Gasteiger partial charge >= 0.3 is 0 Å². The van der Waals surface area contributed by atoms with E-state index < -0.39 is 0 Å². The van der Waals surface area contributed by atoms with Crippen molar-refractivity contribution in [2.75, 3.05) is 0 Å². The van der Waals surface area contributed by atoms with Crippen molar-refractivity contribution in [3.05, 3.63) is 105 Å². The number of aryl methyl sites for hydroxylation is 1. The fourth-order valence-corrected chi connectivity index (χ4v) is 4.15. The van der Waals surface area contributed by atoms with Gasteiger partial charge in [-0.3, -0.25) is 14.5 Å². The Balaban J connectivity index is 1.40. The Labute approximate surface area is 190 Å². The zero-order valence-corrected chi connectivity index (χ0v) is 18.5. The summed E-state index contributed by atoms with van der Waals surface area (Å²) in [7, 11) is 0. The average molecular weight is 450 g/mol. The molecule has 3 aromatic rings. The standard InChI is InChI=1S/C25H20ClNO3S/c1-17-3-2-4-20(13-17)16-30-22-11-7-18(8-12-22)14-23-24(28)27(25(29)31-23)15-19-5-9-21(26)10-6-19/h2-14H,15-16H2,1H3/b23-14-. The van der Waals surface area contributed by atoms with Crippen molar-refractivity contribution < 1.29 is 14.3 Å². The SMILES string of the molecule is Cc1cccc(COc2ccc(/C=C3\SC(=O)N(Cc4ccc(Cl)cc4)C3=O)cc2)c1. The molecule has 1 heterocycles. The normalized spacial score (nSPS) is 15.0. The number of carbonyl (C=O) groups is 2. The summed E-state index contributed by atoms with van der Waals surface area (Å²) in [4.78, 5) is 26.7. The number of amides is 2. The number of imide groups is 1. The maximum Gasteiger partial charge on any atom is 0.293 e. The third kappa shape index (κ3) is 5.37. The Bertz CT molecular complexity index is 1140. The lowest BCUT2D eigenvalue weighted by atomic mass is 10.1. The van der Waals surface area contributed by atoms with Crippen LogP contribution in [0.3, 0.4) is 0 Å². The Morgan fingerprint density at radius 3 is 2.42 bits per heavy atom. The van der Waals surface area contributed by atoms with Gasteiger partial charge in [-0.05, 0) is 65.7 Å². The van der Waals surface area contributed by atoms with E-state index in [4.69, 9.17) is 16.3 Å². The molecule has 1 saturated heterocycles. The van der Waals surface area contributed by atoms with Crippen LogP contribution in [-0.4, -0.2) is 16.0 Å². The van der Waals surface area contributed by atoms with Crippen LogP contribution in [0.25, 0.3) is 6.08 Å². The third-order valence-electron chi connectivity index (χ3n) is 4.79. The fraction of sp³-hybridized carbons (Fsp3) is 0.120. The number of thioether (sulfide) groups is 1. The molecule has 0 aliphatic carbocycles. The van der Waals surface area contributed by atoms with Crippen molar-refractivity contribution in [1.29, 1.82) is 0 Å². The van der Waals surface area contributed by atoms with Crippen LogP contribution in [0.2, 0.25) is 5.02 Å². The van der Waals surface area contributed by atoms with Gasteiger partial charge in [0.1, 0.15) is 12.4 Å². The van der Waals surface area contributed by atoms with E-state index in [9.17, 15) is 9.59 Å². The largest absolute Gasteiger partial charge is 0.489 e. The number of halogens is 1. The summed E-state index contributed by atoms with van der Waals surface area (Å²) < 4.78 is 5.84. The maximum absolute atomic E-state index is 12.7. The highest BCUT2D eigenvalue weighted by Crippen LogP contribution is 2.33. The monoisotopic (exact) mass is 449 g/mol. The van der Waals surface area contributed by atoms with Crippen LogP contribution in [-0.2, 0) is 17.9 Å². The van der Waals surface area contributed by atoms with Crippen LogP contribution in [0.1, 0.15) is 22.3 Å². The summed E-state index contributed by atoms with van der Waals surface area (Å²) >= 11 is 6.85. The molecule has 0 N–H and O–H groups in total. The van der Waals surface area contributed by atoms with Crippen LogP contribution in [0.5, 0.6) is 5.75 Å². The lowest BCUT2D eigenvalue weighted by molar-refractivity contribution is -0.123. The number of nitrogens with zero attached hydrogens (tertiary/aromatic N) is 1. The van der Waals surface area contributed by atoms with Gasteiger partial charge in [-0.2, -0.15) is 0 Å². The molecule has 0 saturated carbocycles. The molecule has 0 spiro atoms. The highest BCUT2D eigenvalue weighted by atomic mass is 35.5. The number of ether oxygens (including phenoxy) is 1. The smallest absolute Gasteiger partial charge is 0.293 e. The van der Waals surface area contributed by atoms with Gasteiger partial charge in [-0.25, -0.2) is 0 Å². The van der Waals surface area contributed by atoms with Crippen LogP contribution in [0, 0.1) is 6.92 Å². The van der Waals surface area contributed by atoms with Gasteiger partial charge in [0, 0.05) is 5.02 Å². The van der Waals surface area contributed by atoms with Crippen molar-refractivity contribution in [3.63, 3.8) is 0 Å². The molecule has 0 atom stereocenters. The Kier molecular flexibility index (Phi) is 6.44. The molecule has 0 radical (unpaired) electrons. The summed E-state index contributed by atoms with van der Waals surface area (Å²) in [5.41, 5.74) is 3.99. The van der Waals surface area contributed by atoms with Crippen molar-refractivity contribution in [2.24, 2.45) is 0 Å². The summed E-state index contributed by atoms with van der Waals surface area (Å²) in [5.74, 6) is 0.458. The number of benzene rings is 3. The highest BCUT2D eigenvalue weighted by Gasteiger charge is 2.34. The summed E-state index contributed by atoms with van der Waals surface area (Å²) in [6.07, 6.45) is 1.73. The fourth-order valence-electron chi connectivity index (χ4n) is 3.19. The second-order valence-corrected chi connectivity index (χ2v) is 8.67. The first-order chi connectivity index (χ1) is 15.0. The van der Waals surface area contributed by atoms with Gasteiger partial charge in [-0.15, -0.1) is 0 Å². The highest BCUT2D eigenvalue weighted by molar-refractivity contribution is 8.18. The maximum atomic E-state index is 12.7. The Morgan fingerprint density at radius 2 is 1.71 bits per heavy atom. The van der Waals surface area contributed by atoms with E-state index in [1.54, 1.807) is 18.2 Å². The van der Waals surface area contributed by atoms with Gasteiger partial charge in [0.15, 0.2) is 0 Å². The van der Waals surface area contributed by atoms with E-state index in [1.807, 2.05) is 48.5 Å². The topological polar surface area (TPSA) is 46.6 Å². The average Bonchev–Trinajstić information content (AvgIpc) is 3.02. The second-order valence-electron chi connectivity index (χ2n) is 7.24. The first-order valence-corrected chi connectivity index (χ1v) is 11.0. The van der Waals surface area contributed by atoms with Crippen molar-refractivity contribution in [3.8, 4) is 5.75 Å². The quantitative estimate of drug-likeness (QED) is 0.405. The first kappa shape index (κ1) is 21.2. The summed E-state index contributed by atoms with van der Waals surface area (Å²) in [6.45, 7) is 2.77. The lowest BCUT2D eigenvalue weighted by Crippen LogP contribution is -2.27. The molecule has 31 heavy (non-hydrogen) atoms. The molecule has 6 heteroatoms. The van der Waals surface area contributed by atoms with E-state index in [0.29, 0.717) is 16.5 Å². The molecule has 4 rings (SSSR count). The first-order valence-electron chi connectivity index (χ1n) is 9.76. The summed E-state index contributed by atoms with van der Waals surface area (Å²) in [5, 5.41) is 0.341. The Hall–Kier alpha value is -3.02. The number of rotatable bonds is 6. The van der Waals surface area contributed by atoms with Crippen molar-refractivity contribution in [1.82, 2.24) is 4.90 Å². The second kappa shape index (κ2) is 9.41. The van der Waals surface area contributed by atoms with Gasteiger partial charge in [0.05, 0.1) is 11.4 Å². The molecule has 1 fully saturated rings. The molecule has 1 aliphatic rings. The van der Waals surface area contributed by atoms with Crippen molar-refractivity contribution in [2.45, 2.75) is 20.1 Å². The molecule has 0 bridgehead atoms. The molecule has 0 unspecified atom stereocenters.